The van der Waals surface area contributed by atoms with Crippen molar-refractivity contribution in [3.05, 3.63) is 103 Å². The molecule has 0 aliphatic heterocycles. The van der Waals surface area contributed by atoms with Crippen molar-refractivity contribution in [1.29, 1.82) is 0 Å². The number of carbonyl (C=O) groups is 1. The number of pyridine rings is 1. The molecule has 0 saturated carbocycles. The summed E-state index contributed by atoms with van der Waals surface area (Å²) in [7, 11) is -4.10. The molecule has 2 aromatic carbocycles. The number of esters is 1. The van der Waals surface area contributed by atoms with E-state index in [0.29, 0.717) is 45.4 Å². The average Bonchev–Trinajstić information content (AvgIpc) is 3.20. The van der Waals surface area contributed by atoms with Crippen LogP contribution in [0.25, 0.3) is 11.4 Å². The van der Waals surface area contributed by atoms with Crippen molar-refractivity contribution < 1.29 is 31.1 Å². The number of aryl methyl sites for hydroxylation is 1. The molecule has 0 spiro atoms. The fourth-order valence-corrected chi connectivity index (χ4v) is 6.96. The molecule has 2 aromatic heterocycles. The average molecular weight is 635 g/mol. The number of nitrogens with one attached hydrogen (secondary N) is 1. The maximum absolute atomic E-state index is 13.2. The number of nitrogens with zero attached hydrogens (tertiary/aromatic N) is 1. The second-order valence-corrected chi connectivity index (χ2v) is 11.9. The predicted molar refractivity (Wildman–Crippen MR) is 144 cm³/mol. The maximum Gasteiger partial charge on any atom is 0.416 e. The summed E-state index contributed by atoms with van der Waals surface area (Å²) in [5.41, 5.74) is 1.01. The van der Waals surface area contributed by atoms with E-state index in [1.54, 1.807) is 29.7 Å². The summed E-state index contributed by atoms with van der Waals surface area (Å²) in [6.45, 7) is 1.73. The zero-order valence-corrected chi connectivity index (χ0v) is 23.4. The van der Waals surface area contributed by atoms with Crippen LogP contribution >= 0.6 is 15.9 Å². The highest BCUT2D eigenvalue weighted by Gasteiger charge is 2.34. The van der Waals surface area contributed by atoms with E-state index in [-0.39, 0.29) is 23.7 Å². The Hall–Kier alpha value is -3.64. The Bertz CT molecular complexity index is 1780. The molecule has 208 valence electrons. The fourth-order valence-electron chi connectivity index (χ4n) is 4.84. The fraction of sp³-hybridized carbons (Fsp3) is 0.214. The van der Waals surface area contributed by atoms with E-state index < -0.39 is 38.0 Å². The molecule has 0 saturated heterocycles. The van der Waals surface area contributed by atoms with Crippen molar-refractivity contribution in [2.75, 3.05) is 6.61 Å². The zero-order valence-electron chi connectivity index (χ0n) is 21.0. The quantitative estimate of drug-likeness (QED) is 0.271. The summed E-state index contributed by atoms with van der Waals surface area (Å²) in [6.07, 6.45) is -3.71. The number of hydrogen-bond acceptors (Lipinski definition) is 5. The molecular weight excluding hydrogens is 613 g/mol. The van der Waals surface area contributed by atoms with Crippen LogP contribution in [-0.2, 0) is 40.1 Å². The van der Waals surface area contributed by atoms with Crippen molar-refractivity contribution in [2.24, 2.45) is 0 Å². The maximum atomic E-state index is 13.2. The van der Waals surface area contributed by atoms with Gasteiger partial charge in [-0.1, -0.05) is 30.3 Å². The van der Waals surface area contributed by atoms with Crippen LogP contribution in [0, 0.1) is 0 Å². The van der Waals surface area contributed by atoms with Crippen LogP contribution in [0.2, 0.25) is 0 Å². The third kappa shape index (κ3) is 4.90. The number of sulfone groups is 1. The molecule has 40 heavy (non-hydrogen) atoms. The summed E-state index contributed by atoms with van der Waals surface area (Å²) in [5.74, 6) is -0.650. The summed E-state index contributed by atoms with van der Waals surface area (Å²) < 4.78 is 73.1. The van der Waals surface area contributed by atoms with Crippen LogP contribution in [0.15, 0.2) is 79.7 Å². The van der Waals surface area contributed by atoms with Gasteiger partial charge in [0, 0.05) is 6.54 Å². The largest absolute Gasteiger partial charge is 0.461 e. The molecule has 4 aromatic rings. The smallest absolute Gasteiger partial charge is 0.416 e. The lowest BCUT2D eigenvalue weighted by Crippen LogP contribution is -2.22. The zero-order chi connectivity index (χ0) is 28.8. The number of fused-ring (bicyclic) bond motifs is 3. The van der Waals surface area contributed by atoms with Gasteiger partial charge in [-0.05, 0) is 82.7 Å². The number of carbonyl (C=O) groups excluding carboxylic acids is 1. The standard InChI is InChI=1S/C28H22BrF3N2O5S/c1-2-39-27(36)25-22(29)20-13-10-17-14-21(40(37,38)19-6-4-3-5-7-19)26(35)33-23(17)24(20)34(25)15-16-8-11-18(12-9-16)28(30,31)32/h3-9,11-12,14H,2,10,13,15H2,1H3,(H,33,35). The van der Waals surface area contributed by atoms with Gasteiger partial charge in [0.1, 0.15) is 10.6 Å². The monoisotopic (exact) mass is 634 g/mol. The van der Waals surface area contributed by atoms with Gasteiger partial charge in [0.15, 0.2) is 0 Å². The molecule has 0 radical (unpaired) electrons. The topological polar surface area (TPSA) is 98.2 Å². The first kappa shape index (κ1) is 27.9. The van der Waals surface area contributed by atoms with Crippen LogP contribution < -0.4 is 5.56 Å². The van der Waals surface area contributed by atoms with Crippen LogP contribution in [-0.4, -0.2) is 30.5 Å². The van der Waals surface area contributed by atoms with Gasteiger partial charge in [-0.15, -0.1) is 0 Å². The Morgan fingerprint density at radius 1 is 1.07 bits per heavy atom. The van der Waals surface area contributed by atoms with Gasteiger partial charge < -0.3 is 14.3 Å². The number of hydrogen-bond donors (Lipinski definition) is 1. The van der Waals surface area contributed by atoms with Gasteiger partial charge in [0.25, 0.3) is 5.56 Å². The van der Waals surface area contributed by atoms with E-state index in [0.717, 1.165) is 12.1 Å². The number of benzene rings is 2. The first-order valence-electron chi connectivity index (χ1n) is 12.2. The van der Waals surface area contributed by atoms with Crippen LogP contribution in [0.4, 0.5) is 13.2 Å². The Morgan fingerprint density at radius 3 is 2.38 bits per heavy atom. The Labute approximate surface area is 235 Å². The van der Waals surface area contributed by atoms with Crippen molar-refractivity contribution in [3.8, 4) is 11.4 Å². The molecule has 0 unspecified atom stereocenters. The van der Waals surface area contributed by atoms with Crippen molar-refractivity contribution in [3.63, 3.8) is 0 Å². The summed E-state index contributed by atoms with van der Waals surface area (Å²) in [5, 5.41) is 0. The van der Waals surface area contributed by atoms with Gasteiger partial charge in [0.05, 0.1) is 32.9 Å². The Kier molecular flexibility index (Phi) is 7.26. The molecule has 0 fully saturated rings. The van der Waals surface area contributed by atoms with Crippen molar-refractivity contribution >= 4 is 31.7 Å². The first-order chi connectivity index (χ1) is 18.9. The molecule has 0 bridgehead atoms. The van der Waals surface area contributed by atoms with Crippen LogP contribution in [0.3, 0.4) is 0 Å². The lowest BCUT2D eigenvalue weighted by Gasteiger charge is -2.21. The summed E-state index contributed by atoms with van der Waals surface area (Å²) >= 11 is 3.50. The third-order valence-corrected chi connectivity index (χ3v) is 9.33. The highest BCUT2D eigenvalue weighted by Crippen LogP contribution is 2.41. The molecule has 1 N–H and O–H groups in total. The van der Waals surface area contributed by atoms with E-state index in [1.165, 1.54) is 30.3 Å². The number of H-pyrrole nitrogens is 1. The van der Waals surface area contributed by atoms with Gasteiger partial charge in [-0.25, -0.2) is 13.2 Å². The molecule has 0 amide bonds. The number of rotatable bonds is 6. The van der Waals surface area contributed by atoms with Crippen molar-refractivity contribution in [1.82, 2.24) is 9.55 Å². The van der Waals surface area contributed by atoms with Gasteiger partial charge in [-0.2, -0.15) is 13.2 Å². The highest BCUT2D eigenvalue weighted by molar-refractivity contribution is 9.10. The molecule has 1 aliphatic rings. The number of aromatic amines is 1. The van der Waals surface area contributed by atoms with E-state index in [9.17, 15) is 31.2 Å². The number of alkyl halides is 3. The van der Waals surface area contributed by atoms with E-state index in [2.05, 4.69) is 20.9 Å². The predicted octanol–water partition coefficient (Wildman–Crippen LogP) is 5.78. The molecule has 12 heteroatoms. The summed E-state index contributed by atoms with van der Waals surface area (Å²) in [4.78, 5) is 28.5. The Balaban J connectivity index is 1.67. The molecule has 7 nitrogen and oxygen atoms in total. The van der Waals surface area contributed by atoms with Crippen LogP contribution in [0.5, 0.6) is 0 Å². The minimum Gasteiger partial charge on any atom is -0.461 e. The minimum absolute atomic E-state index is 0.00818. The van der Waals surface area contributed by atoms with E-state index in [1.807, 2.05) is 0 Å². The molecular formula is C28H22BrF3N2O5S. The number of ether oxygens (including phenoxy) is 1. The van der Waals surface area contributed by atoms with Gasteiger partial charge >= 0.3 is 12.1 Å². The second-order valence-electron chi connectivity index (χ2n) is 9.17. The summed E-state index contributed by atoms with van der Waals surface area (Å²) in [6, 6.07) is 13.5. The van der Waals surface area contributed by atoms with E-state index >= 15 is 0 Å². The Morgan fingerprint density at radius 2 is 1.75 bits per heavy atom. The normalized spacial score (nSPS) is 13.0. The lowest BCUT2D eigenvalue weighted by atomic mass is 9.94. The lowest BCUT2D eigenvalue weighted by molar-refractivity contribution is -0.137. The van der Waals surface area contributed by atoms with Crippen molar-refractivity contribution in [2.45, 2.75) is 42.3 Å². The van der Waals surface area contributed by atoms with Gasteiger partial charge in [0.2, 0.25) is 9.84 Å². The SMILES string of the molecule is CCOC(=O)c1c(Br)c2c(n1Cc1ccc(C(F)(F)F)cc1)-c1[nH]c(=O)c(S(=O)(=O)c3ccccc3)cc1CC2. The number of halogens is 4. The van der Waals surface area contributed by atoms with Crippen LogP contribution in [0.1, 0.15) is 39.7 Å². The highest BCUT2D eigenvalue weighted by atomic mass is 79.9. The molecule has 2 heterocycles. The molecule has 1 aliphatic carbocycles. The second kappa shape index (κ2) is 10.4. The minimum atomic E-state index is -4.50. The van der Waals surface area contributed by atoms with E-state index in [4.69, 9.17) is 4.74 Å². The third-order valence-electron chi connectivity index (χ3n) is 6.70. The molecule has 5 rings (SSSR count). The first-order valence-corrected chi connectivity index (χ1v) is 14.5. The number of aromatic nitrogens is 2. The van der Waals surface area contributed by atoms with Gasteiger partial charge in [-0.3, -0.25) is 4.79 Å². The molecule has 0 atom stereocenters.